The van der Waals surface area contributed by atoms with Crippen LogP contribution in [0.2, 0.25) is 0 Å². The maximum atomic E-state index is 15.3. The van der Waals surface area contributed by atoms with Crippen LogP contribution in [0.1, 0.15) is 60.5 Å². The summed E-state index contributed by atoms with van der Waals surface area (Å²) in [5, 5.41) is 4.16. The molecule has 0 aromatic heterocycles. The first-order chi connectivity index (χ1) is 22.1. The predicted molar refractivity (Wildman–Crippen MR) is 122 cm³/mol. The van der Waals surface area contributed by atoms with Gasteiger partial charge in [0.1, 0.15) is 11.8 Å². The van der Waals surface area contributed by atoms with Gasteiger partial charge in [-0.3, -0.25) is 24.6 Å². The van der Waals surface area contributed by atoms with E-state index in [-0.39, 0.29) is 6.42 Å². The molecule has 8 nitrogen and oxygen atoms in total. The van der Waals surface area contributed by atoms with E-state index in [9.17, 15) is 14.4 Å². The second-order valence-electron chi connectivity index (χ2n) is 7.23. The van der Waals surface area contributed by atoms with Crippen LogP contribution in [0.15, 0.2) is 36.4 Å². The van der Waals surface area contributed by atoms with Gasteiger partial charge in [-0.15, -0.1) is 0 Å². The van der Waals surface area contributed by atoms with Gasteiger partial charge >= 0.3 is 0 Å². The minimum Gasteiger partial charge on any atom is -0.381 e. The summed E-state index contributed by atoms with van der Waals surface area (Å²) in [6.07, 6.45) is -0.937. The smallest absolute Gasteiger partial charge is 0.255 e. The fraction of sp³-hybridized carbons (Fsp3) is 0.400. The molecule has 0 spiro atoms. The van der Waals surface area contributed by atoms with Crippen LogP contribution in [0, 0.1) is 5.82 Å². The Bertz CT molecular complexity index is 1750. The van der Waals surface area contributed by atoms with Crippen molar-refractivity contribution >= 4 is 23.4 Å². The first kappa shape index (κ1) is 11.0. The number of hydrogen-bond donors (Lipinski definition) is 2. The molecule has 2 aromatic rings. The fourth-order valence-corrected chi connectivity index (χ4v) is 3.45. The summed E-state index contributed by atoms with van der Waals surface area (Å²) in [6.45, 7) is -24.3. The van der Waals surface area contributed by atoms with Crippen LogP contribution < -0.4 is 10.6 Å². The number of nitrogens with zero attached hydrogens (tertiary/aromatic N) is 2. The number of piperidine rings is 1. The summed E-state index contributed by atoms with van der Waals surface area (Å²) in [4.78, 5) is 37.7. The van der Waals surface area contributed by atoms with Crippen molar-refractivity contribution in [2.24, 2.45) is 0 Å². The molecule has 2 fully saturated rings. The minimum atomic E-state index is -3.70. The molecule has 9 heteroatoms. The van der Waals surface area contributed by atoms with Crippen molar-refractivity contribution in [3.63, 3.8) is 0 Å². The van der Waals surface area contributed by atoms with Gasteiger partial charge in [0.05, 0.1) is 25.5 Å². The zero-order valence-electron chi connectivity index (χ0n) is 32.3. The van der Waals surface area contributed by atoms with Crippen molar-refractivity contribution in [2.75, 3.05) is 31.4 Å². The summed E-state index contributed by atoms with van der Waals surface area (Å²) in [6, 6.07) is 2.61. The van der Waals surface area contributed by atoms with Crippen LogP contribution in [-0.2, 0) is 33.8 Å². The highest BCUT2D eigenvalue weighted by Crippen LogP contribution is 2.32. The van der Waals surface area contributed by atoms with Crippen LogP contribution in [0.3, 0.4) is 0 Å². The third-order valence-electron chi connectivity index (χ3n) is 5.05. The number of nitrogens with one attached hydrogen (secondary N) is 2. The number of fused-ring (bicyclic) bond motifs is 1. The molecule has 2 saturated heterocycles. The predicted octanol–water partition coefficient (Wildman–Crippen LogP) is 2.03. The molecule has 1 unspecified atom stereocenters. The molecule has 34 heavy (non-hydrogen) atoms. The zero-order chi connectivity index (χ0) is 37.1. The molecule has 1 atom stereocenters. The fourth-order valence-electron chi connectivity index (χ4n) is 3.45. The molecule has 2 aromatic carbocycles. The third-order valence-corrected chi connectivity index (χ3v) is 5.05. The lowest BCUT2D eigenvalue weighted by Crippen LogP contribution is -2.52. The number of carbonyl (C=O) groups excluding carboxylic acids is 3. The molecular weight excluding hydrogens is 439 g/mol. The molecule has 0 radical (unpaired) electrons. The number of rotatable bonds is 6. The monoisotopic (exact) mass is 481 g/mol. The lowest BCUT2D eigenvalue weighted by atomic mass is 10.0. The Morgan fingerprint density at radius 3 is 2.85 bits per heavy atom. The lowest BCUT2D eigenvalue weighted by molar-refractivity contribution is -0.136. The maximum Gasteiger partial charge on any atom is 0.255 e. The molecule has 0 bridgehead atoms. The Morgan fingerprint density at radius 2 is 2.06 bits per heavy atom. The van der Waals surface area contributed by atoms with Crippen LogP contribution in [0.5, 0.6) is 0 Å². The van der Waals surface area contributed by atoms with Gasteiger partial charge in [-0.05, 0) is 36.2 Å². The molecule has 3 aliphatic rings. The number of carbonyl (C=O) groups is 3. The van der Waals surface area contributed by atoms with Crippen molar-refractivity contribution < 1.29 is 44.1 Å². The standard InChI is InChI=1S/C25H27FN4O4/c26-20-5-4-16(14-29-8-10-34-11-9-29)12-17(20)13-27-21-3-1-2-18-19(21)15-30(25(18)33)22-6-7-23(31)28-24(22)32/h1-5,12,22,27H,6-11,13-15H2,(H,28,31,32)/i8D2,9D2,10D2,11D2,13D2,14D2,15D2,22D. The summed E-state index contributed by atoms with van der Waals surface area (Å²) in [7, 11) is 0. The molecule has 0 saturated carbocycles. The molecule has 3 aliphatic heterocycles. The van der Waals surface area contributed by atoms with Crippen molar-refractivity contribution in [2.45, 2.75) is 38.4 Å². The first-order valence-corrected chi connectivity index (χ1v) is 9.99. The Labute approximate surface area is 218 Å². The van der Waals surface area contributed by atoms with Gasteiger partial charge in [-0.1, -0.05) is 12.1 Å². The molecule has 178 valence electrons. The molecular formula is C25H27FN4O4. The molecule has 0 aliphatic carbocycles. The van der Waals surface area contributed by atoms with E-state index in [0.717, 1.165) is 12.1 Å². The summed E-state index contributed by atoms with van der Waals surface area (Å²) >= 11 is 0. The van der Waals surface area contributed by atoms with E-state index in [1.54, 1.807) is 0 Å². The number of imide groups is 1. The normalized spacial score (nSPS) is 37.9. The van der Waals surface area contributed by atoms with Crippen molar-refractivity contribution in [1.82, 2.24) is 15.1 Å². The van der Waals surface area contributed by atoms with Gasteiger partial charge in [-0.2, -0.15) is 0 Å². The largest absolute Gasteiger partial charge is 0.381 e. The van der Waals surface area contributed by atoms with Gasteiger partial charge in [0.25, 0.3) is 5.91 Å². The van der Waals surface area contributed by atoms with E-state index in [1.165, 1.54) is 6.07 Å². The highest BCUT2D eigenvalue weighted by Gasteiger charge is 2.39. The summed E-state index contributed by atoms with van der Waals surface area (Å²) < 4.78 is 145. The Balaban J connectivity index is 1.57. The number of halogens is 1. The second-order valence-corrected chi connectivity index (χ2v) is 7.23. The van der Waals surface area contributed by atoms with Gasteiger partial charge < -0.3 is 15.0 Å². The Hall–Kier alpha value is -3.30. The highest BCUT2D eigenvalue weighted by molar-refractivity contribution is 6.06. The number of hydrogen-bond acceptors (Lipinski definition) is 6. The quantitative estimate of drug-likeness (QED) is 0.614. The summed E-state index contributed by atoms with van der Waals surface area (Å²) in [5.41, 5.74) is -3.26. The van der Waals surface area contributed by atoms with Crippen LogP contribution in [0.4, 0.5) is 10.1 Å². The van der Waals surface area contributed by atoms with Gasteiger partial charge in [0.2, 0.25) is 11.8 Å². The van der Waals surface area contributed by atoms with Crippen LogP contribution >= 0.6 is 0 Å². The van der Waals surface area contributed by atoms with Crippen LogP contribution in [-0.4, -0.2) is 59.7 Å². The zero-order valence-corrected chi connectivity index (χ0v) is 17.3. The topological polar surface area (TPSA) is 91.0 Å². The highest BCUT2D eigenvalue weighted by atomic mass is 19.1. The lowest BCUT2D eigenvalue weighted by Gasteiger charge is -2.29. The van der Waals surface area contributed by atoms with Crippen molar-refractivity contribution in [3.05, 3.63) is 64.5 Å². The van der Waals surface area contributed by atoms with Gasteiger partial charge in [-0.25, -0.2) is 4.39 Å². The SMILES string of the molecule is [2H]C([2H])(Nc1cccc2c1C([2H])([2H])N(C1([2H])CCC(=O)NC1=O)C2=O)c1cc(C([2H])([2H])N2C([2H])([2H])C([2H])([2H])OC([2H])([2H])C2([2H])[2H])ccc1F. The maximum absolute atomic E-state index is 15.3. The van der Waals surface area contributed by atoms with Gasteiger partial charge in [0, 0.05) is 69.5 Å². The molecule has 3 heterocycles. The number of ether oxygens (including phenoxy) is 1. The Morgan fingerprint density at radius 1 is 1.24 bits per heavy atom. The molecule has 3 amide bonds. The van der Waals surface area contributed by atoms with E-state index in [4.69, 9.17) is 20.6 Å². The number of amides is 3. The van der Waals surface area contributed by atoms with Crippen molar-refractivity contribution in [3.8, 4) is 0 Å². The van der Waals surface area contributed by atoms with E-state index >= 15 is 4.39 Å². The number of anilines is 1. The number of morpholine rings is 1. The number of benzene rings is 2. The van der Waals surface area contributed by atoms with E-state index in [2.05, 4.69) is 10.1 Å². The Kier molecular flexibility index (Phi) is 3.07. The van der Waals surface area contributed by atoms with E-state index in [0.29, 0.717) is 23.1 Å². The van der Waals surface area contributed by atoms with E-state index < -0.39 is 114 Å². The minimum absolute atomic E-state index is 0.310. The average Bonchev–Trinajstić information content (AvgIpc) is 3.14. The van der Waals surface area contributed by atoms with Crippen molar-refractivity contribution in [1.29, 1.82) is 0 Å². The second kappa shape index (κ2) is 9.52. The average molecular weight is 482 g/mol. The third kappa shape index (κ3) is 4.53. The first-order valence-electron chi connectivity index (χ1n) is 17.5. The van der Waals surface area contributed by atoms with Crippen LogP contribution in [0.25, 0.3) is 0 Å². The van der Waals surface area contributed by atoms with Gasteiger partial charge in [0.15, 0.2) is 0 Å². The van der Waals surface area contributed by atoms with E-state index in [1.807, 2.05) is 5.32 Å². The molecule has 5 rings (SSSR count). The molecule has 2 N–H and O–H groups in total. The summed E-state index contributed by atoms with van der Waals surface area (Å²) in [5.74, 6) is -4.47.